The van der Waals surface area contributed by atoms with Gasteiger partial charge in [0.1, 0.15) is 5.75 Å². The van der Waals surface area contributed by atoms with E-state index in [0.717, 1.165) is 27.8 Å². The molecule has 1 aromatic carbocycles. The number of ether oxygens (including phenoxy) is 1. The average Bonchev–Trinajstić information content (AvgIpc) is 2.15. The second-order valence-corrected chi connectivity index (χ2v) is 6.97. The van der Waals surface area contributed by atoms with Gasteiger partial charge in [0.15, 0.2) is 0 Å². The molecule has 0 bridgehead atoms. The highest BCUT2D eigenvalue weighted by molar-refractivity contribution is 9.11. The summed E-state index contributed by atoms with van der Waals surface area (Å²) in [5.41, 5.74) is 1.54. The van der Waals surface area contributed by atoms with Crippen molar-refractivity contribution >= 4 is 31.9 Å². The molecule has 1 aromatic rings. The number of benzene rings is 1. The van der Waals surface area contributed by atoms with Gasteiger partial charge in [-0.25, -0.2) is 0 Å². The Hall–Kier alpha value is -0.0600. The fourth-order valence-electron chi connectivity index (χ4n) is 1.49. The minimum atomic E-state index is 0.306. The van der Waals surface area contributed by atoms with Crippen molar-refractivity contribution in [1.29, 1.82) is 0 Å². The SMILES string of the molecule is COc1c(Br)cc(CNCC(C)(C)C)cc1Br. The maximum atomic E-state index is 5.28. The van der Waals surface area contributed by atoms with E-state index in [2.05, 4.69) is 70.1 Å². The maximum Gasteiger partial charge on any atom is 0.147 e. The van der Waals surface area contributed by atoms with Crippen molar-refractivity contribution in [2.45, 2.75) is 27.3 Å². The molecule has 17 heavy (non-hydrogen) atoms. The summed E-state index contributed by atoms with van der Waals surface area (Å²) in [5.74, 6) is 0.838. The largest absolute Gasteiger partial charge is 0.494 e. The summed E-state index contributed by atoms with van der Waals surface area (Å²) in [6.45, 7) is 8.52. The molecule has 0 aliphatic carbocycles. The Bertz CT molecular complexity index is 362. The summed E-state index contributed by atoms with van der Waals surface area (Å²) in [7, 11) is 1.67. The molecule has 0 aliphatic heterocycles. The fraction of sp³-hybridized carbons (Fsp3) is 0.538. The van der Waals surface area contributed by atoms with Crippen molar-refractivity contribution in [2.75, 3.05) is 13.7 Å². The highest BCUT2D eigenvalue weighted by Gasteiger charge is 2.10. The molecule has 0 aromatic heterocycles. The average molecular weight is 365 g/mol. The molecule has 0 spiro atoms. The normalized spacial score (nSPS) is 11.6. The first-order valence-corrected chi connectivity index (χ1v) is 7.15. The minimum absolute atomic E-state index is 0.306. The van der Waals surface area contributed by atoms with Gasteiger partial charge in [-0.1, -0.05) is 20.8 Å². The number of hydrogen-bond acceptors (Lipinski definition) is 2. The maximum absolute atomic E-state index is 5.28. The third kappa shape index (κ3) is 4.98. The first-order chi connectivity index (χ1) is 7.83. The van der Waals surface area contributed by atoms with Gasteiger partial charge in [-0.15, -0.1) is 0 Å². The van der Waals surface area contributed by atoms with E-state index in [-0.39, 0.29) is 0 Å². The molecule has 0 amide bonds. The number of methoxy groups -OCH3 is 1. The van der Waals surface area contributed by atoms with Gasteiger partial charge >= 0.3 is 0 Å². The predicted octanol–water partition coefficient (Wildman–Crippen LogP) is 4.36. The highest BCUT2D eigenvalue weighted by Crippen LogP contribution is 2.34. The summed E-state index contributed by atoms with van der Waals surface area (Å²) in [6, 6.07) is 4.17. The summed E-state index contributed by atoms with van der Waals surface area (Å²) >= 11 is 7.01. The smallest absolute Gasteiger partial charge is 0.147 e. The molecule has 0 saturated heterocycles. The third-order valence-electron chi connectivity index (χ3n) is 2.25. The van der Waals surface area contributed by atoms with E-state index in [1.54, 1.807) is 7.11 Å². The first-order valence-electron chi connectivity index (χ1n) is 5.56. The zero-order valence-electron chi connectivity index (χ0n) is 10.7. The lowest BCUT2D eigenvalue weighted by Crippen LogP contribution is -2.26. The monoisotopic (exact) mass is 363 g/mol. The van der Waals surface area contributed by atoms with Gasteiger partial charge < -0.3 is 10.1 Å². The van der Waals surface area contributed by atoms with Crippen molar-refractivity contribution in [3.8, 4) is 5.75 Å². The Morgan fingerprint density at radius 1 is 1.18 bits per heavy atom. The molecular formula is C13H19Br2NO. The van der Waals surface area contributed by atoms with Crippen molar-refractivity contribution < 1.29 is 4.74 Å². The van der Waals surface area contributed by atoms with E-state index in [1.807, 2.05) is 0 Å². The Balaban J connectivity index is 2.67. The number of hydrogen-bond donors (Lipinski definition) is 1. The minimum Gasteiger partial charge on any atom is -0.494 e. The highest BCUT2D eigenvalue weighted by atomic mass is 79.9. The van der Waals surface area contributed by atoms with Crippen LogP contribution in [0.3, 0.4) is 0 Å². The second kappa shape index (κ2) is 6.21. The van der Waals surface area contributed by atoms with Crippen LogP contribution in [0.15, 0.2) is 21.1 Å². The Morgan fingerprint density at radius 3 is 2.12 bits per heavy atom. The zero-order valence-corrected chi connectivity index (χ0v) is 13.9. The Morgan fingerprint density at radius 2 is 1.71 bits per heavy atom. The van der Waals surface area contributed by atoms with E-state index in [4.69, 9.17) is 4.74 Å². The molecule has 1 rings (SSSR count). The number of halogens is 2. The second-order valence-electron chi connectivity index (χ2n) is 5.26. The van der Waals surface area contributed by atoms with Crippen LogP contribution in [-0.4, -0.2) is 13.7 Å². The summed E-state index contributed by atoms with van der Waals surface area (Å²) < 4.78 is 7.22. The van der Waals surface area contributed by atoms with Gasteiger partial charge in [0, 0.05) is 13.1 Å². The van der Waals surface area contributed by atoms with Gasteiger partial charge in [0.2, 0.25) is 0 Å². The molecule has 0 heterocycles. The number of nitrogens with one attached hydrogen (secondary N) is 1. The van der Waals surface area contributed by atoms with E-state index >= 15 is 0 Å². The molecule has 1 N–H and O–H groups in total. The van der Waals surface area contributed by atoms with Crippen molar-refractivity contribution in [2.24, 2.45) is 5.41 Å². The Labute approximate surface area is 120 Å². The molecule has 2 nitrogen and oxygen atoms in total. The van der Waals surface area contributed by atoms with E-state index in [0.29, 0.717) is 5.41 Å². The fourth-order valence-corrected chi connectivity index (χ4v) is 3.10. The van der Waals surface area contributed by atoms with Gasteiger partial charge in [-0.05, 0) is 55.0 Å². The van der Waals surface area contributed by atoms with Crippen LogP contribution < -0.4 is 10.1 Å². The summed E-state index contributed by atoms with van der Waals surface area (Å²) in [6.07, 6.45) is 0. The van der Waals surface area contributed by atoms with Crippen LogP contribution in [0, 0.1) is 5.41 Å². The molecule has 0 radical (unpaired) electrons. The lowest BCUT2D eigenvalue weighted by atomic mass is 9.97. The van der Waals surface area contributed by atoms with Crippen LogP contribution in [0.1, 0.15) is 26.3 Å². The molecule has 0 atom stereocenters. The topological polar surface area (TPSA) is 21.3 Å². The Kier molecular flexibility index (Phi) is 5.48. The molecule has 0 unspecified atom stereocenters. The van der Waals surface area contributed by atoms with Gasteiger partial charge in [-0.3, -0.25) is 0 Å². The molecule has 0 aliphatic rings. The first kappa shape index (κ1) is 15.0. The van der Waals surface area contributed by atoms with Crippen LogP contribution in [0.25, 0.3) is 0 Å². The lowest BCUT2D eigenvalue weighted by Gasteiger charge is -2.19. The molecule has 0 fully saturated rings. The molecule has 96 valence electrons. The van der Waals surface area contributed by atoms with E-state index in [1.165, 1.54) is 5.56 Å². The van der Waals surface area contributed by atoms with Gasteiger partial charge in [0.25, 0.3) is 0 Å². The summed E-state index contributed by atoms with van der Waals surface area (Å²) in [4.78, 5) is 0. The summed E-state index contributed by atoms with van der Waals surface area (Å²) in [5, 5.41) is 3.45. The van der Waals surface area contributed by atoms with Crippen molar-refractivity contribution in [1.82, 2.24) is 5.32 Å². The van der Waals surface area contributed by atoms with Crippen LogP contribution in [0.5, 0.6) is 5.75 Å². The lowest BCUT2D eigenvalue weighted by molar-refractivity contribution is 0.379. The number of rotatable bonds is 4. The zero-order chi connectivity index (χ0) is 13.1. The van der Waals surface area contributed by atoms with E-state index < -0.39 is 0 Å². The van der Waals surface area contributed by atoms with Crippen molar-refractivity contribution in [3.05, 3.63) is 26.6 Å². The van der Waals surface area contributed by atoms with E-state index in [9.17, 15) is 0 Å². The van der Waals surface area contributed by atoms with Crippen LogP contribution in [0.2, 0.25) is 0 Å². The van der Waals surface area contributed by atoms with Gasteiger partial charge in [0.05, 0.1) is 16.1 Å². The molecule has 4 heteroatoms. The quantitative estimate of drug-likeness (QED) is 0.857. The molecule has 0 saturated carbocycles. The van der Waals surface area contributed by atoms with Crippen LogP contribution in [-0.2, 0) is 6.54 Å². The van der Waals surface area contributed by atoms with Crippen LogP contribution >= 0.6 is 31.9 Å². The van der Waals surface area contributed by atoms with Gasteiger partial charge in [-0.2, -0.15) is 0 Å². The predicted molar refractivity (Wildman–Crippen MR) is 79.6 cm³/mol. The third-order valence-corrected chi connectivity index (χ3v) is 3.42. The van der Waals surface area contributed by atoms with Crippen LogP contribution in [0.4, 0.5) is 0 Å². The van der Waals surface area contributed by atoms with Crippen molar-refractivity contribution in [3.63, 3.8) is 0 Å². The molecular weight excluding hydrogens is 346 g/mol. The standard InChI is InChI=1S/C13H19Br2NO/c1-13(2,3)8-16-7-9-5-10(14)12(17-4)11(15)6-9/h5-6,16H,7-8H2,1-4H3.